The third kappa shape index (κ3) is 4.54. The Balaban J connectivity index is 1.44. The molecule has 0 aliphatic heterocycles. The summed E-state index contributed by atoms with van der Waals surface area (Å²) in [5, 5.41) is 13.2. The molecule has 1 aromatic carbocycles. The van der Waals surface area contributed by atoms with E-state index >= 15 is 0 Å². The minimum Gasteiger partial charge on any atom is -0.493 e. The number of methoxy groups -OCH3 is 2. The van der Waals surface area contributed by atoms with Crippen molar-refractivity contribution in [2.24, 2.45) is 0 Å². The van der Waals surface area contributed by atoms with Gasteiger partial charge in [0.2, 0.25) is 0 Å². The van der Waals surface area contributed by atoms with Gasteiger partial charge in [-0.25, -0.2) is 4.68 Å². The second-order valence-corrected chi connectivity index (χ2v) is 8.59. The highest BCUT2D eigenvalue weighted by Crippen LogP contribution is 2.31. The standard InChI is InChI=1S/C24H28N6O4/c1-32-21-11-16-10-17(24(31)25-20(16)12-22(21)33-2)13-29(18-6-3-4-7-18)15-23-26-27-28-30(23)14-19-8-5-9-34-19/h5,8-12,18H,3-4,6-7,13-15H2,1-2H3,(H,25,31). The number of ether oxygens (including phenoxy) is 2. The molecule has 0 atom stereocenters. The Bertz CT molecular complexity index is 1310. The molecular weight excluding hydrogens is 436 g/mol. The number of benzene rings is 1. The van der Waals surface area contributed by atoms with Crippen LogP contribution < -0.4 is 15.0 Å². The number of H-pyrrole nitrogens is 1. The highest BCUT2D eigenvalue weighted by atomic mass is 16.5. The summed E-state index contributed by atoms with van der Waals surface area (Å²) < 4.78 is 18.0. The Morgan fingerprint density at radius 3 is 2.68 bits per heavy atom. The second kappa shape index (κ2) is 9.68. The number of hydrogen-bond acceptors (Lipinski definition) is 8. The lowest BCUT2D eigenvalue weighted by molar-refractivity contribution is 0.172. The molecule has 10 nitrogen and oxygen atoms in total. The molecule has 0 saturated heterocycles. The number of pyridine rings is 1. The van der Waals surface area contributed by atoms with Crippen LogP contribution >= 0.6 is 0 Å². The summed E-state index contributed by atoms with van der Waals surface area (Å²) in [5.41, 5.74) is 1.29. The van der Waals surface area contributed by atoms with Crippen molar-refractivity contribution in [3.63, 3.8) is 0 Å². The minimum absolute atomic E-state index is 0.113. The highest BCUT2D eigenvalue weighted by molar-refractivity contribution is 5.83. The summed E-state index contributed by atoms with van der Waals surface area (Å²) in [6.07, 6.45) is 6.19. The van der Waals surface area contributed by atoms with Gasteiger partial charge in [-0.2, -0.15) is 0 Å². The van der Waals surface area contributed by atoms with Gasteiger partial charge in [0.05, 0.1) is 32.5 Å². The molecular formula is C24H28N6O4. The van der Waals surface area contributed by atoms with Crippen LogP contribution in [0, 0.1) is 0 Å². The summed E-state index contributed by atoms with van der Waals surface area (Å²) in [6, 6.07) is 9.73. The number of nitrogens with zero attached hydrogens (tertiary/aromatic N) is 5. The SMILES string of the molecule is COc1cc2cc(CN(Cc3nnnn3Cc3ccco3)C3CCCC3)c(=O)[nH]c2cc1OC. The van der Waals surface area contributed by atoms with Crippen molar-refractivity contribution in [2.75, 3.05) is 14.2 Å². The van der Waals surface area contributed by atoms with Gasteiger partial charge in [-0.05, 0) is 47.5 Å². The zero-order valence-corrected chi connectivity index (χ0v) is 19.4. The monoisotopic (exact) mass is 464 g/mol. The maximum absolute atomic E-state index is 13.0. The molecule has 1 aliphatic carbocycles. The molecule has 3 heterocycles. The van der Waals surface area contributed by atoms with Crippen molar-refractivity contribution in [1.29, 1.82) is 0 Å². The Kier molecular flexibility index (Phi) is 6.31. The summed E-state index contributed by atoms with van der Waals surface area (Å²) in [6.45, 7) is 1.51. The lowest BCUT2D eigenvalue weighted by Gasteiger charge is -2.28. The molecule has 0 radical (unpaired) electrons. The second-order valence-electron chi connectivity index (χ2n) is 8.59. The molecule has 10 heteroatoms. The van der Waals surface area contributed by atoms with Crippen LogP contribution in [0.15, 0.2) is 45.8 Å². The van der Waals surface area contributed by atoms with Gasteiger partial charge in [-0.1, -0.05) is 12.8 Å². The number of aromatic nitrogens is 5. The van der Waals surface area contributed by atoms with E-state index in [1.807, 2.05) is 24.3 Å². The molecule has 1 fully saturated rings. The molecule has 178 valence electrons. The summed E-state index contributed by atoms with van der Waals surface area (Å²) in [5.74, 6) is 2.73. The van der Waals surface area contributed by atoms with E-state index in [4.69, 9.17) is 13.9 Å². The largest absolute Gasteiger partial charge is 0.493 e. The fourth-order valence-electron chi connectivity index (χ4n) is 4.69. The first-order valence-corrected chi connectivity index (χ1v) is 11.4. The number of fused-ring (bicyclic) bond motifs is 1. The number of furan rings is 1. The van der Waals surface area contributed by atoms with Crippen LogP contribution in [0.25, 0.3) is 10.9 Å². The zero-order chi connectivity index (χ0) is 23.5. The predicted octanol–water partition coefficient (Wildman–Crippen LogP) is 3.12. The molecule has 0 bridgehead atoms. The van der Waals surface area contributed by atoms with Gasteiger partial charge in [0.15, 0.2) is 17.3 Å². The summed E-state index contributed by atoms with van der Waals surface area (Å²) >= 11 is 0. The topological polar surface area (TPSA) is 111 Å². The van der Waals surface area contributed by atoms with Crippen molar-refractivity contribution >= 4 is 10.9 Å². The van der Waals surface area contributed by atoms with Crippen LogP contribution in [-0.4, -0.2) is 50.4 Å². The average molecular weight is 465 g/mol. The highest BCUT2D eigenvalue weighted by Gasteiger charge is 2.26. The average Bonchev–Trinajstić information content (AvgIpc) is 3.62. The van der Waals surface area contributed by atoms with Crippen LogP contribution in [0.5, 0.6) is 11.5 Å². The van der Waals surface area contributed by atoms with E-state index in [0.717, 1.165) is 29.8 Å². The molecule has 1 N–H and O–H groups in total. The maximum Gasteiger partial charge on any atom is 0.252 e. The number of hydrogen-bond donors (Lipinski definition) is 1. The first-order valence-electron chi connectivity index (χ1n) is 11.4. The number of tetrazole rings is 1. The molecule has 0 amide bonds. The van der Waals surface area contributed by atoms with Crippen molar-refractivity contribution in [3.05, 3.63) is 64.1 Å². The first kappa shape index (κ1) is 22.1. The van der Waals surface area contributed by atoms with Crippen LogP contribution in [0.4, 0.5) is 0 Å². The third-order valence-corrected chi connectivity index (χ3v) is 6.48. The molecule has 0 unspecified atom stereocenters. The fraction of sp³-hybridized carbons (Fsp3) is 0.417. The van der Waals surface area contributed by atoms with E-state index in [1.165, 1.54) is 12.8 Å². The van der Waals surface area contributed by atoms with E-state index in [1.54, 1.807) is 31.2 Å². The minimum atomic E-state index is -0.113. The third-order valence-electron chi connectivity index (χ3n) is 6.48. The van der Waals surface area contributed by atoms with Crippen molar-refractivity contribution in [1.82, 2.24) is 30.1 Å². The Morgan fingerprint density at radius 2 is 1.94 bits per heavy atom. The Morgan fingerprint density at radius 1 is 1.15 bits per heavy atom. The van der Waals surface area contributed by atoms with E-state index < -0.39 is 0 Å². The van der Waals surface area contributed by atoms with E-state index in [-0.39, 0.29) is 5.56 Å². The van der Waals surface area contributed by atoms with Crippen LogP contribution in [0.2, 0.25) is 0 Å². The van der Waals surface area contributed by atoms with E-state index in [0.29, 0.717) is 48.3 Å². The molecule has 34 heavy (non-hydrogen) atoms. The summed E-state index contributed by atoms with van der Waals surface area (Å²) in [4.78, 5) is 18.3. The smallest absolute Gasteiger partial charge is 0.252 e. The summed E-state index contributed by atoms with van der Waals surface area (Å²) in [7, 11) is 3.18. The molecule has 5 rings (SSSR count). The van der Waals surface area contributed by atoms with Gasteiger partial charge in [-0.15, -0.1) is 5.10 Å². The quantitative estimate of drug-likeness (QED) is 0.402. The normalized spacial score (nSPS) is 14.3. The lowest BCUT2D eigenvalue weighted by Crippen LogP contribution is -2.35. The fourth-order valence-corrected chi connectivity index (χ4v) is 4.69. The molecule has 1 saturated carbocycles. The van der Waals surface area contributed by atoms with Gasteiger partial charge in [0.1, 0.15) is 12.3 Å². The Labute approximate surface area is 196 Å². The zero-order valence-electron chi connectivity index (χ0n) is 19.4. The van der Waals surface area contributed by atoms with Crippen LogP contribution in [0.1, 0.15) is 42.8 Å². The van der Waals surface area contributed by atoms with E-state index in [2.05, 4.69) is 25.4 Å². The molecule has 4 aromatic rings. The first-order chi connectivity index (χ1) is 16.6. The van der Waals surface area contributed by atoms with Gasteiger partial charge >= 0.3 is 0 Å². The molecule has 1 aliphatic rings. The van der Waals surface area contributed by atoms with Crippen molar-refractivity contribution in [3.8, 4) is 11.5 Å². The maximum atomic E-state index is 13.0. The van der Waals surface area contributed by atoms with Crippen LogP contribution in [-0.2, 0) is 19.6 Å². The van der Waals surface area contributed by atoms with Gasteiger partial charge < -0.3 is 18.9 Å². The predicted molar refractivity (Wildman–Crippen MR) is 125 cm³/mol. The van der Waals surface area contributed by atoms with Crippen LogP contribution in [0.3, 0.4) is 0 Å². The van der Waals surface area contributed by atoms with E-state index in [9.17, 15) is 4.79 Å². The molecule has 3 aromatic heterocycles. The number of nitrogens with one attached hydrogen (secondary N) is 1. The van der Waals surface area contributed by atoms with Gasteiger partial charge in [0, 0.05) is 29.6 Å². The van der Waals surface area contributed by atoms with Crippen molar-refractivity contribution in [2.45, 2.75) is 51.4 Å². The lowest BCUT2D eigenvalue weighted by atomic mass is 10.1. The Hall–Kier alpha value is -3.66. The number of aromatic amines is 1. The number of rotatable bonds is 9. The van der Waals surface area contributed by atoms with Gasteiger partial charge in [0.25, 0.3) is 5.56 Å². The van der Waals surface area contributed by atoms with Crippen molar-refractivity contribution < 1.29 is 13.9 Å². The van der Waals surface area contributed by atoms with Gasteiger partial charge in [-0.3, -0.25) is 9.69 Å². The molecule has 0 spiro atoms.